The first-order chi connectivity index (χ1) is 13.6. The Balaban J connectivity index is 1.38. The molecule has 0 aliphatic carbocycles. The fourth-order valence-electron chi connectivity index (χ4n) is 2.72. The van der Waals surface area contributed by atoms with Crippen molar-refractivity contribution in [3.63, 3.8) is 0 Å². The van der Waals surface area contributed by atoms with Gasteiger partial charge in [0.05, 0.1) is 22.5 Å². The molecular formula is C20H15ClFN3O3. The summed E-state index contributed by atoms with van der Waals surface area (Å²) in [5.41, 5.74) is 1.58. The molecule has 0 radical (unpaired) electrons. The van der Waals surface area contributed by atoms with E-state index in [4.69, 9.17) is 21.1 Å². The van der Waals surface area contributed by atoms with Crippen LogP contribution in [-0.2, 0) is 6.54 Å². The third-order valence-corrected chi connectivity index (χ3v) is 4.44. The highest BCUT2D eigenvalue weighted by atomic mass is 35.5. The molecule has 2 N–H and O–H groups in total. The number of benzene rings is 2. The number of nitrogens with one attached hydrogen (secondary N) is 2. The summed E-state index contributed by atoms with van der Waals surface area (Å²) in [6.07, 6.45) is 1.57. The number of halogens is 2. The number of hydrogen-bond donors (Lipinski definition) is 2. The number of nitrogens with zero attached hydrogens (tertiary/aromatic N) is 1. The van der Waals surface area contributed by atoms with Crippen molar-refractivity contribution >= 4 is 29.0 Å². The summed E-state index contributed by atoms with van der Waals surface area (Å²) in [7, 11) is 0. The smallest absolute Gasteiger partial charge is 0.261 e. The molecule has 142 valence electrons. The highest BCUT2D eigenvalue weighted by molar-refractivity contribution is 6.34. The van der Waals surface area contributed by atoms with Crippen LogP contribution in [0.15, 0.2) is 54.7 Å². The van der Waals surface area contributed by atoms with Crippen LogP contribution in [0.2, 0.25) is 5.02 Å². The number of aromatic nitrogens is 1. The van der Waals surface area contributed by atoms with E-state index in [0.717, 1.165) is 22.7 Å². The largest absolute Gasteiger partial charge is 0.454 e. The number of anilines is 2. The quantitative estimate of drug-likeness (QED) is 0.662. The SMILES string of the molecule is O=C(Nc1ccc(NCc2ccc3c(c2)OCO3)cn1)c1c(F)cccc1Cl. The monoisotopic (exact) mass is 399 g/mol. The first kappa shape index (κ1) is 18.1. The number of carbonyl (C=O) groups excluding carboxylic acids is 1. The van der Waals surface area contributed by atoms with Crippen molar-refractivity contribution in [2.45, 2.75) is 6.54 Å². The average Bonchev–Trinajstić information content (AvgIpc) is 3.15. The topological polar surface area (TPSA) is 72.5 Å². The Labute approximate surface area is 165 Å². The van der Waals surface area contributed by atoms with Crippen LogP contribution in [-0.4, -0.2) is 17.7 Å². The highest BCUT2D eigenvalue weighted by Gasteiger charge is 2.16. The maximum atomic E-state index is 13.8. The Morgan fingerprint density at radius 2 is 2.00 bits per heavy atom. The van der Waals surface area contributed by atoms with Crippen LogP contribution in [0.3, 0.4) is 0 Å². The van der Waals surface area contributed by atoms with Gasteiger partial charge >= 0.3 is 0 Å². The summed E-state index contributed by atoms with van der Waals surface area (Å²) in [6, 6.07) is 13.2. The van der Waals surface area contributed by atoms with Crippen LogP contribution in [0.4, 0.5) is 15.9 Å². The number of hydrogen-bond acceptors (Lipinski definition) is 5. The summed E-state index contributed by atoms with van der Waals surface area (Å²) in [5.74, 6) is 0.407. The normalized spacial score (nSPS) is 11.9. The second kappa shape index (κ2) is 7.74. The van der Waals surface area contributed by atoms with E-state index in [1.54, 1.807) is 18.3 Å². The van der Waals surface area contributed by atoms with Gasteiger partial charge in [-0.15, -0.1) is 0 Å². The lowest BCUT2D eigenvalue weighted by atomic mass is 10.2. The molecule has 1 amide bonds. The number of rotatable bonds is 5. The molecule has 0 fully saturated rings. The summed E-state index contributed by atoms with van der Waals surface area (Å²) in [5, 5.41) is 5.81. The average molecular weight is 400 g/mol. The number of fused-ring (bicyclic) bond motifs is 1. The van der Waals surface area contributed by atoms with Gasteiger partial charge in [0.1, 0.15) is 11.6 Å². The van der Waals surface area contributed by atoms with E-state index >= 15 is 0 Å². The van der Waals surface area contributed by atoms with Gasteiger partial charge in [-0.1, -0.05) is 23.7 Å². The van der Waals surface area contributed by atoms with Gasteiger partial charge in [0, 0.05) is 6.54 Å². The molecule has 6 nitrogen and oxygen atoms in total. The third-order valence-electron chi connectivity index (χ3n) is 4.13. The van der Waals surface area contributed by atoms with Crippen molar-refractivity contribution in [1.82, 2.24) is 4.98 Å². The van der Waals surface area contributed by atoms with Gasteiger partial charge in [-0.25, -0.2) is 9.37 Å². The molecule has 0 bridgehead atoms. The van der Waals surface area contributed by atoms with Gasteiger partial charge in [0.25, 0.3) is 5.91 Å². The number of ether oxygens (including phenoxy) is 2. The van der Waals surface area contributed by atoms with Gasteiger partial charge in [-0.05, 0) is 42.0 Å². The second-order valence-corrected chi connectivity index (χ2v) is 6.43. The van der Waals surface area contributed by atoms with Crippen molar-refractivity contribution in [2.24, 2.45) is 0 Å². The first-order valence-corrected chi connectivity index (χ1v) is 8.82. The minimum atomic E-state index is -0.688. The Morgan fingerprint density at radius 1 is 1.14 bits per heavy atom. The molecule has 1 aliphatic rings. The number of carbonyl (C=O) groups is 1. The molecule has 4 rings (SSSR count). The highest BCUT2D eigenvalue weighted by Crippen LogP contribution is 2.32. The molecule has 0 spiro atoms. The van der Waals surface area contributed by atoms with E-state index in [1.165, 1.54) is 18.2 Å². The van der Waals surface area contributed by atoms with Crippen LogP contribution in [0, 0.1) is 5.82 Å². The van der Waals surface area contributed by atoms with E-state index in [0.29, 0.717) is 6.54 Å². The Bertz CT molecular complexity index is 1010. The lowest BCUT2D eigenvalue weighted by Gasteiger charge is -2.09. The van der Waals surface area contributed by atoms with Crippen molar-refractivity contribution in [3.05, 3.63) is 76.7 Å². The van der Waals surface area contributed by atoms with E-state index in [2.05, 4.69) is 15.6 Å². The summed E-state index contributed by atoms with van der Waals surface area (Å²) in [4.78, 5) is 16.4. The van der Waals surface area contributed by atoms with Crippen molar-refractivity contribution < 1.29 is 18.7 Å². The minimum absolute atomic E-state index is 0.0412. The van der Waals surface area contributed by atoms with Crippen LogP contribution in [0.25, 0.3) is 0 Å². The van der Waals surface area contributed by atoms with Gasteiger partial charge in [0.15, 0.2) is 11.5 Å². The maximum absolute atomic E-state index is 13.8. The van der Waals surface area contributed by atoms with E-state index < -0.39 is 11.7 Å². The van der Waals surface area contributed by atoms with Crippen molar-refractivity contribution in [2.75, 3.05) is 17.4 Å². The molecule has 2 heterocycles. The number of pyridine rings is 1. The van der Waals surface area contributed by atoms with E-state index in [-0.39, 0.29) is 23.2 Å². The van der Waals surface area contributed by atoms with Crippen LogP contribution in [0.1, 0.15) is 15.9 Å². The molecule has 0 atom stereocenters. The Kier molecular flexibility index (Phi) is 4.99. The Morgan fingerprint density at radius 3 is 2.79 bits per heavy atom. The molecule has 2 aromatic carbocycles. The van der Waals surface area contributed by atoms with Gasteiger partial charge in [-0.2, -0.15) is 0 Å². The molecule has 8 heteroatoms. The zero-order valence-corrected chi connectivity index (χ0v) is 15.3. The standard InChI is InChI=1S/C20H15ClFN3O3/c21-14-2-1-3-15(22)19(14)20(26)25-18-7-5-13(10-24-18)23-9-12-4-6-16-17(8-12)28-11-27-16/h1-8,10,23H,9,11H2,(H,24,25,26). The predicted molar refractivity (Wildman–Crippen MR) is 103 cm³/mol. The molecule has 0 unspecified atom stereocenters. The van der Waals surface area contributed by atoms with Crippen molar-refractivity contribution in [1.29, 1.82) is 0 Å². The third kappa shape index (κ3) is 3.84. The zero-order chi connectivity index (χ0) is 19.5. The van der Waals surface area contributed by atoms with E-state index in [1.807, 2.05) is 18.2 Å². The lowest BCUT2D eigenvalue weighted by molar-refractivity contribution is 0.102. The fraction of sp³-hybridized carbons (Fsp3) is 0.100. The molecule has 28 heavy (non-hydrogen) atoms. The lowest BCUT2D eigenvalue weighted by Crippen LogP contribution is -2.15. The molecule has 0 saturated heterocycles. The first-order valence-electron chi connectivity index (χ1n) is 8.44. The van der Waals surface area contributed by atoms with Crippen LogP contribution >= 0.6 is 11.6 Å². The molecule has 1 aromatic heterocycles. The van der Waals surface area contributed by atoms with E-state index in [9.17, 15) is 9.18 Å². The molecular weight excluding hydrogens is 385 g/mol. The summed E-state index contributed by atoms with van der Waals surface area (Å²) < 4.78 is 24.5. The van der Waals surface area contributed by atoms with Crippen molar-refractivity contribution in [3.8, 4) is 11.5 Å². The van der Waals surface area contributed by atoms with Crippen LogP contribution < -0.4 is 20.1 Å². The molecule has 0 saturated carbocycles. The summed E-state index contributed by atoms with van der Waals surface area (Å²) >= 11 is 5.90. The fourth-order valence-corrected chi connectivity index (χ4v) is 2.97. The maximum Gasteiger partial charge on any atom is 0.261 e. The second-order valence-electron chi connectivity index (χ2n) is 6.02. The van der Waals surface area contributed by atoms with Crippen LogP contribution in [0.5, 0.6) is 11.5 Å². The summed E-state index contributed by atoms with van der Waals surface area (Å²) in [6.45, 7) is 0.802. The zero-order valence-electron chi connectivity index (χ0n) is 14.5. The van der Waals surface area contributed by atoms with Gasteiger partial charge in [-0.3, -0.25) is 4.79 Å². The molecule has 1 aliphatic heterocycles. The minimum Gasteiger partial charge on any atom is -0.454 e. The predicted octanol–water partition coefficient (Wildman–Crippen LogP) is 4.47. The van der Waals surface area contributed by atoms with Gasteiger partial charge < -0.3 is 20.1 Å². The van der Waals surface area contributed by atoms with Gasteiger partial charge in [0.2, 0.25) is 6.79 Å². The number of amides is 1. The molecule has 3 aromatic rings. The Hall–Kier alpha value is -3.32.